The number of nitrogens with two attached hydrogens (primary N) is 2. The minimum atomic E-state index is -0.349. The quantitative estimate of drug-likeness (QED) is 0.790. The van der Waals surface area contributed by atoms with Gasteiger partial charge in [0.05, 0.1) is 6.17 Å². The molecule has 0 fully saturated rings. The molecule has 0 atom stereocenters. The second-order valence-electron chi connectivity index (χ2n) is 5.72. The van der Waals surface area contributed by atoms with Crippen molar-refractivity contribution < 1.29 is 0 Å². The molecular weight excluding hydrogens is 256 g/mol. The van der Waals surface area contributed by atoms with Gasteiger partial charge < -0.3 is 11.5 Å². The van der Waals surface area contributed by atoms with Crippen molar-refractivity contribution in [3.05, 3.63) is 71.8 Å². The summed E-state index contributed by atoms with van der Waals surface area (Å²) in [6.07, 6.45) is 1.56. The predicted molar refractivity (Wildman–Crippen MR) is 89.9 cm³/mol. The highest BCUT2D eigenvalue weighted by Crippen LogP contribution is 2.46. The fourth-order valence-electron chi connectivity index (χ4n) is 3.47. The molecule has 0 heterocycles. The van der Waals surface area contributed by atoms with E-state index in [2.05, 4.69) is 62.4 Å². The molecule has 2 nitrogen and oxygen atoms in total. The summed E-state index contributed by atoms with van der Waals surface area (Å²) in [6.45, 7) is 4.38. The Kier molecular flexibility index (Phi) is 5.16. The molecular formula is C19H26N2. The third kappa shape index (κ3) is 3.02. The van der Waals surface area contributed by atoms with Crippen molar-refractivity contribution in [1.29, 1.82) is 0 Å². The van der Waals surface area contributed by atoms with Crippen molar-refractivity contribution in [2.75, 3.05) is 0 Å². The van der Waals surface area contributed by atoms with Gasteiger partial charge >= 0.3 is 0 Å². The number of rotatable bonds is 6. The van der Waals surface area contributed by atoms with Crippen LogP contribution in [0.5, 0.6) is 0 Å². The zero-order valence-corrected chi connectivity index (χ0v) is 13.0. The first-order chi connectivity index (χ1) is 10.2. The Hall–Kier alpha value is -1.64. The largest absolute Gasteiger partial charge is 0.316 e. The van der Waals surface area contributed by atoms with Gasteiger partial charge in [-0.3, -0.25) is 0 Å². The maximum absolute atomic E-state index is 6.25. The average molecular weight is 282 g/mol. The number of hydrogen-bond donors (Lipinski definition) is 2. The van der Waals surface area contributed by atoms with Crippen molar-refractivity contribution in [1.82, 2.24) is 0 Å². The van der Waals surface area contributed by atoms with Crippen LogP contribution in [0.25, 0.3) is 0 Å². The van der Waals surface area contributed by atoms with E-state index >= 15 is 0 Å². The topological polar surface area (TPSA) is 52.0 Å². The molecule has 0 spiro atoms. The zero-order chi connectivity index (χ0) is 15.3. The van der Waals surface area contributed by atoms with Crippen molar-refractivity contribution >= 4 is 0 Å². The maximum atomic E-state index is 6.25. The van der Waals surface area contributed by atoms with Gasteiger partial charge in [-0.2, -0.15) is 0 Å². The summed E-state index contributed by atoms with van der Waals surface area (Å²) in [4.78, 5) is 0. The minimum absolute atomic E-state index is 0.136. The van der Waals surface area contributed by atoms with Gasteiger partial charge in [-0.25, -0.2) is 0 Å². The van der Waals surface area contributed by atoms with Crippen LogP contribution in [0.15, 0.2) is 60.7 Å². The van der Waals surface area contributed by atoms with Crippen LogP contribution >= 0.6 is 0 Å². The summed E-state index contributed by atoms with van der Waals surface area (Å²) in [5.74, 6) is 0.217. The fraction of sp³-hybridized carbons (Fsp3) is 0.368. The van der Waals surface area contributed by atoms with Crippen molar-refractivity contribution in [3.8, 4) is 0 Å². The summed E-state index contributed by atoms with van der Waals surface area (Å²) in [5, 5.41) is 0. The van der Waals surface area contributed by atoms with Crippen molar-refractivity contribution in [2.24, 2.45) is 16.9 Å². The van der Waals surface area contributed by atoms with E-state index in [4.69, 9.17) is 11.5 Å². The van der Waals surface area contributed by atoms with Crippen molar-refractivity contribution in [3.63, 3.8) is 0 Å². The monoisotopic (exact) mass is 282 g/mol. The molecule has 0 amide bonds. The smallest absolute Gasteiger partial charge is 0.0587 e. The molecule has 0 bridgehead atoms. The van der Waals surface area contributed by atoms with Crippen LogP contribution in [0.2, 0.25) is 0 Å². The van der Waals surface area contributed by atoms with Gasteiger partial charge in [0.25, 0.3) is 0 Å². The van der Waals surface area contributed by atoms with Gasteiger partial charge in [0.15, 0.2) is 0 Å². The van der Waals surface area contributed by atoms with Gasteiger partial charge in [0.2, 0.25) is 0 Å². The third-order valence-electron chi connectivity index (χ3n) is 4.82. The molecule has 21 heavy (non-hydrogen) atoms. The molecule has 0 radical (unpaired) electrons. The standard InChI is InChI=1S/C19H26N2/c1-3-19(4-2,18(20)21)17(15-11-7-5-8-12-15)16-13-9-6-10-14-16/h5-14,17-18H,3-4,20-21H2,1-2H3. The minimum Gasteiger partial charge on any atom is -0.316 e. The van der Waals surface area contributed by atoms with Crippen LogP contribution in [0.3, 0.4) is 0 Å². The van der Waals surface area contributed by atoms with Gasteiger partial charge in [-0.1, -0.05) is 74.5 Å². The molecule has 0 saturated heterocycles. The SMILES string of the molecule is CCC(CC)(C(N)N)C(c1ccccc1)c1ccccc1. The van der Waals surface area contributed by atoms with Crippen molar-refractivity contribution in [2.45, 2.75) is 38.8 Å². The van der Waals surface area contributed by atoms with E-state index in [-0.39, 0.29) is 17.5 Å². The highest BCUT2D eigenvalue weighted by atomic mass is 14.9. The summed E-state index contributed by atoms with van der Waals surface area (Å²) in [6, 6.07) is 21.2. The lowest BCUT2D eigenvalue weighted by Crippen LogP contribution is -2.51. The molecule has 0 unspecified atom stereocenters. The molecule has 0 aliphatic carbocycles. The molecule has 0 aromatic heterocycles. The molecule has 0 saturated carbocycles. The number of benzene rings is 2. The summed E-state index contributed by atoms with van der Waals surface area (Å²) < 4.78 is 0. The average Bonchev–Trinajstić information content (AvgIpc) is 2.54. The van der Waals surface area contributed by atoms with Crippen LogP contribution in [0, 0.1) is 5.41 Å². The Morgan fingerprint density at radius 2 is 1.14 bits per heavy atom. The first-order valence-electron chi connectivity index (χ1n) is 7.76. The third-order valence-corrected chi connectivity index (χ3v) is 4.82. The highest BCUT2D eigenvalue weighted by Gasteiger charge is 2.41. The Bertz CT molecular complexity index is 491. The first-order valence-corrected chi connectivity index (χ1v) is 7.76. The van der Waals surface area contributed by atoms with Gasteiger partial charge in [-0.05, 0) is 24.0 Å². The van der Waals surface area contributed by atoms with E-state index in [1.54, 1.807) is 0 Å². The Morgan fingerprint density at radius 3 is 1.43 bits per heavy atom. The van der Waals surface area contributed by atoms with E-state index in [0.29, 0.717) is 0 Å². The van der Waals surface area contributed by atoms with Crippen LogP contribution in [0.1, 0.15) is 43.7 Å². The van der Waals surface area contributed by atoms with E-state index < -0.39 is 0 Å². The highest BCUT2D eigenvalue weighted by molar-refractivity contribution is 5.35. The molecule has 2 aromatic carbocycles. The molecule has 0 aliphatic heterocycles. The Morgan fingerprint density at radius 1 is 0.762 bits per heavy atom. The molecule has 112 valence electrons. The van der Waals surface area contributed by atoms with Gasteiger partial charge in [0.1, 0.15) is 0 Å². The van der Waals surface area contributed by atoms with Crippen LogP contribution in [0.4, 0.5) is 0 Å². The van der Waals surface area contributed by atoms with E-state index in [1.165, 1.54) is 11.1 Å². The predicted octanol–water partition coefficient (Wildman–Crippen LogP) is 3.87. The lowest BCUT2D eigenvalue weighted by atomic mass is 9.64. The van der Waals surface area contributed by atoms with Crippen LogP contribution in [-0.4, -0.2) is 6.17 Å². The Balaban J connectivity index is 2.61. The van der Waals surface area contributed by atoms with Crippen LogP contribution < -0.4 is 11.5 Å². The lowest BCUT2D eigenvalue weighted by molar-refractivity contribution is 0.174. The molecule has 4 N–H and O–H groups in total. The molecule has 0 aliphatic rings. The normalized spacial score (nSPS) is 12.1. The fourth-order valence-corrected chi connectivity index (χ4v) is 3.47. The molecule has 2 aromatic rings. The van der Waals surface area contributed by atoms with Gasteiger partial charge in [-0.15, -0.1) is 0 Å². The maximum Gasteiger partial charge on any atom is 0.0587 e. The molecule has 2 rings (SSSR count). The van der Waals surface area contributed by atoms with E-state index in [0.717, 1.165) is 12.8 Å². The lowest BCUT2D eigenvalue weighted by Gasteiger charge is -2.43. The molecule has 2 heteroatoms. The van der Waals surface area contributed by atoms with Gasteiger partial charge in [0, 0.05) is 11.3 Å². The Labute approximate surface area is 128 Å². The number of hydrogen-bond acceptors (Lipinski definition) is 2. The second kappa shape index (κ2) is 6.88. The zero-order valence-electron chi connectivity index (χ0n) is 13.0. The second-order valence-corrected chi connectivity index (χ2v) is 5.72. The van der Waals surface area contributed by atoms with E-state index in [1.807, 2.05) is 12.1 Å². The summed E-state index contributed by atoms with van der Waals surface area (Å²) >= 11 is 0. The first kappa shape index (κ1) is 15.7. The summed E-state index contributed by atoms with van der Waals surface area (Å²) in [7, 11) is 0. The van der Waals surface area contributed by atoms with Crippen LogP contribution in [-0.2, 0) is 0 Å². The summed E-state index contributed by atoms with van der Waals surface area (Å²) in [5.41, 5.74) is 14.9. The van der Waals surface area contributed by atoms with E-state index in [9.17, 15) is 0 Å².